The summed E-state index contributed by atoms with van der Waals surface area (Å²) in [5, 5.41) is 10.1. The second-order valence-electron chi connectivity index (χ2n) is 7.75. The van der Waals surface area contributed by atoms with Crippen LogP contribution in [0.1, 0.15) is 63.2 Å². The molecular weight excluding hydrogens is 350 g/mol. The van der Waals surface area contributed by atoms with Gasteiger partial charge < -0.3 is 10.6 Å². The van der Waals surface area contributed by atoms with Gasteiger partial charge in [0.1, 0.15) is 6.17 Å². The highest BCUT2D eigenvalue weighted by molar-refractivity contribution is 6.31. The van der Waals surface area contributed by atoms with Gasteiger partial charge in [-0.25, -0.2) is 0 Å². The number of hydrogen-bond acceptors (Lipinski definition) is 3. The molecule has 1 heterocycles. The first kappa shape index (κ1) is 19.2. The standard InChI is InChI=1S/C20H28ClN3O2/c1-12(2)20(26)22-11-13-7-8-16(21)15(9-13)19-23-17(10-18(25)24-19)14-5-3-4-6-14/h7-9,12,14,17,19,23H,3-6,10-11H2,1-2H3,(H,22,26)(H,24,25). The Balaban J connectivity index is 1.73. The second-order valence-corrected chi connectivity index (χ2v) is 8.16. The van der Waals surface area contributed by atoms with Gasteiger partial charge in [-0.05, 0) is 36.5 Å². The average Bonchev–Trinajstić information content (AvgIpc) is 3.14. The van der Waals surface area contributed by atoms with Gasteiger partial charge in [0.2, 0.25) is 11.8 Å². The normalized spacial score (nSPS) is 23.9. The van der Waals surface area contributed by atoms with E-state index in [1.165, 1.54) is 25.7 Å². The van der Waals surface area contributed by atoms with Gasteiger partial charge in [0.05, 0.1) is 0 Å². The van der Waals surface area contributed by atoms with Crippen molar-refractivity contribution in [3.05, 3.63) is 34.3 Å². The first-order valence-electron chi connectivity index (χ1n) is 9.55. The molecule has 0 radical (unpaired) electrons. The average molecular weight is 378 g/mol. The Morgan fingerprint density at radius 1 is 1.31 bits per heavy atom. The van der Waals surface area contributed by atoms with Crippen LogP contribution >= 0.6 is 11.6 Å². The molecule has 2 aliphatic rings. The summed E-state index contributed by atoms with van der Waals surface area (Å²) in [6.07, 6.45) is 5.12. The Morgan fingerprint density at radius 2 is 2.04 bits per heavy atom. The van der Waals surface area contributed by atoms with Crippen LogP contribution in [0.2, 0.25) is 5.02 Å². The molecule has 2 fully saturated rings. The van der Waals surface area contributed by atoms with Crippen LogP contribution in [0.25, 0.3) is 0 Å². The Hall–Kier alpha value is -1.59. The van der Waals surface area contributed by atoms with Crippen LogP contribution in [0.5, 0.6) is 0 Å². The molecule has 6 heteroatoms. The molecule has 0 aromatic heterocycles. The molecule has 2 atom stereocenters. The van der Waals surface area contributed by atoms with Gasteiger partial charge in [-0.15, -0.1) is 0 Å². The fourth-order valence-corrected chi connectivity index (χ4v) is 4.11. The third-order valence-electron chi connectivity index (χ3n) is 5.42. The van der Waals surface area contributed by atoms with Crippen LogP contribution in [0.4, 0.5) is 0 Å². The summed E-state index contributed by atoms with van der Waals surface area (Å²) in [6, 6.07) is 5.92. The Labute approximate surface area is 160 Å². The lowest BCUT2D eigenvalue weighted by atomic mass is 9.92. The molecule has 0 spiro atoms. The maximum Gasteiger partial charge on any atom is 0.223 e. The highest BCUT2D eigenvalue weighted by Crippen LogP contribution is 2.33. The van der Waals surface area contributed by atoms with Gasteiger partial charge in [-0.2, -0.15) is 0 Å². The molecule has 26 heavy (non-hydrogen) atoms. The number of carbonyl (C=O) groups excluding carboxylic acids is 2. The van der Waals surface area contributed by atoms with Crippen LogP contribution < -0.4 is 16.0 Å². The van der Waals surface area contributed by atoms with Crippen molar-refractivity contribution in [1.29, 1.82) is 0 Å². The highest BCUT2D eigenvalue weighted by atomic mass is 35.5. The zero-order valence-electron chi connectivity index (χ0n) is 15.5. The van der Waals surface area contributed by atoms with E-state index in [0.29, 0.717) is 23.9 Å². The predicted molar refractivity (Wildman–Crippen MR) is 103 cm³/mol. The topological polar surface area (TPSA) is 70.2 Å². The Bertz CT molecular complexity index is 671. The predicted octanol–water partition coefficient (Wildman–Crippen LogP) is 3.28. The van der Waals surface area contributed by atoms with Gasteiger partial charge in [-0.1, -0.05) is 44.4 Å². The van der Waals surface area contributed by atoms with Gasteiger partial charge in [-0.3, -0.25) is 14.9 Å². The summed E-state index contributed by atoms with van der Waals surface area (Å²) in [5.74, 6) is 0.608. The van der Waals surface area contributed by atoms with Gasteiger partial charge in [0.15, 0.2) is 0 Å². The van der Waals surface area contributed by atoms with Crippen LogP contribution in [-0.2, 0) is 16.1 Å². The minimum atomic E-state index is -0.282. The van der Waals surface area contributed by atoms with Crippen molar-refractivity contribution in [2.45, 2.75) is 64.7 Å². The van der Waals surface area contributed by atoms with E-state index < -0.39 is 0 Å². The number of benzene rings is 1. The second kappa shape index (κ2) is 8.40. The van der Waals surface area contributed by atoms with Crippen molar-refractivity contribution in [2.75, 3.05) is 0 Å². The molecule has 1 saturated heterocycles. The lowest BCUT2D eigenvalue weighted by molar-refractivity contribution is -0.125. The number of amides is 2. The summed E-state index contributed by atoms with van der Waals surface area (Å²) in [4.78, 5) is 24.0. The minimum Gasteiger partial charge on any atom is -0.352 e. The zero-order valence-corrected chi connectivity index (χ0v) is 16.2. The summed E-state index contributed by atoms with van der Waals surface area (Å²) in [6.45, 7) is 4.19. The molecule has 142 valence electrons. The molecule has 0 bridgehead atoms. The summed E-state index contributed by atoms with van der Waals surface area (Å²) >= 11 is 6.42. The maximum atomic E-state index is 12.2. The molecule has 1 aliphatic carbocycles. The third kappa shape index (κ3) is 4.57. The van der Waals surface area contributed by atoms with Crippen LogP contribution in [0, 0.1) is 11.8 Å². The minimum absolute atomic E-state index is 0.0203. The van der Waals surface area contributed by atoms with Gasteiger partial charge in [0.25, 0.3) is 0 Å². The van der Waals surface area contributed by atoms with Crippen molar-refractivity contribution in [3.8, 4) is 0 Å². The molecule has 2 amide bonds. The van der Waals surface area contributed by atoms with E-state index in [9.17, 15) is 9.59 Å². The van der Waals surface area contributed by atoms with Crippen LogP contribution in [0.3, 0.4) is 0 Å². The number of rotatable bonds is 5. The molecule has 3 N–H and O–H groups in total. The number of carbonyl (C=O) groups is 2. The number of halogens is 1. The molecule has 3 rings (SSSR count). The third-order valence-corrected chi connectivity index (χ3v) is 5.77. The van der Waals surface area contributed by atoms with Crippen LogP contribution in [0.15, 0.2) is 18.2 Å². The molecule has 1 aromatic carbocycles. The van der Waals surface area contributed by atoms with E-state index in [1.54, 1.807) is 0 Å². The fourth-order valence-electron chi connectivity index (χ4n) is 3.88. The zero-order chi connectivity index (χ0) is 18.7. The van der Waals surface area contributed by atoms with Crippen LogP contribution in [-0.4, -0.2) is 17.9 Å². The molecule has 5 nitrogen and oxygen atoms in total. The van der Waals surface area contributed by atoms with E-state index in [4.69, 9.17) is 11.6 Å². The molecular formula is C20H28ClN3O2. The molecule has 1 aliphatic heterocycles. The smallest absolute Gasteiger partial charge is 0.223 e. The monoisotopic (exact) mass is 377 g/mol. The number of hydrogen-bond donors (Lipinski definition) is 3. The quantitative estimate of drug-likeness (QED) is 0.737. The first-order valence-corrected chi connectivity index (χ1v) is 9.93. The van der Waals surface area contributed by atoms with E-state index in [2.05, 4.69) is 16.0 Å². The van der Waals surface area contributed by atoms with Gasteiger partial charge >= 0.3 is 0 Å². The largest absolute Gasteiger partial charge is 0.352 e. The molecule has 1 aromatic rings. The lowest BCUT2D eigenvalue weighted by Crippen LogP contribution is -2.53. The van der Waals surface area contributed by atoms with E-state index in [0.717, 1.165) is 11.1 Å². The van der Waals surface area contributed by atoms with Crippen molar-refractivity contribution in [2.24, 2.45) is 11.8 Å². The fraction of sp³-hybridized carbons (Fsp3) is 0.600. The van der Waals surface area contributed by atoms with E-state index in [-0.39, 0.29) is 29.9 Å². The highest BCUT2D eigenvalue weighted by Gasteiger charge is 2.34. The van der Waals surface area contributed by atoms with E-state index in [1.807, 2.05) is 32.0 Å². The Morgan fingerprint density at radius 3 is 2.73 bits per heavy atom. The summed E-state index contributed by atoms with van der Waals surface area (Å²) < 4.78 is 0. The molecule has 1 saturated carbocycles. The van der Waals surface area contributed by atoms with Crippen molar-refractivity contribution in [3.63, 3.8) is 0 Å². The van der Waals surface area contributed by atoms with Crippen molar-refractivity contribution < 1.29 is 9.59 Å². The lowest BCUT2D eigenvalue weighted by Gasteiger charge is -2.35. The van der Waals surface area contributed by atoms with Crippen molar-refractivity contribution >= 4 is 23.4 Å². The summed E-state index contributed by atoms with van der Waals surface area (Å²) in [5.41, 5.74) is 1.83. The van der Waals surface area contributed by atoms with Gasteiger partial charge in [0, 0.05) is 35.5 Å². The van der Waals surface area contributed by atoms with E-state index >= 15 is 0 Å². The number of nitrogens with one attached hydrogen (secondary N) is 3. The first-order chi connectivity index (χ1) is 12.4. The summed E-state index contributed by atoms with van der Waals surface area (Å²) in [7, 11) is 0. The Kier molecular flexibility index (Phi) is 6.20. The SMILES string of the molecule is CC(C)C(=O)NCc1ccc(Cl)c(C2NC(=O)CC(C3CCCC3)N2)c1. The van der Waals surface area contributed by atoms with Crippen molar-refractivity contribution in [1.82, 2.24) is 16.0 Å². The molecule has 2 unspecified atom stereocenters. The maximum absolute atomic E-state index is 12.2.